The van der Waals surface area contributed by atoms with Crippen LogP contribution in [0, 0.1) is 0 Å². The number of hydrogen-bond donors (Lipinski definition) is 2. The van der Waals surface area contributed by atoms with Gasteiger partial charge in [-0.1, -0.05) is 54.1 Å². The Morgan fingerprint density at radius 2 is 1.86 bits per heavy atom. The van der Waals surface area contributed by atoms with Crippen LogP contribution in [0.2, 0.25) is 5.02 Å². The first-order chi connectivity index (χ1) is 17.9. The summed E-state index contributed by atoms with van der Waals surface area (Å²) in [7, 11) is 0. The quantitative estimate of drug-likeness (QED) is 0.311. The van der Waals surface area contributed by atoms with E-state index in [9.17, 15) is 14.7 Å². The molecule has 1 fully saturated rings. The monoisotopic (exact) mass is 516 g/mol. The number of alkyl carbamates (subject to hydrolysis) is 1. The van der Waals surface area contributed by atoms with Crippen molar-refractivity contribution in [2.24, 2.45) is 0 Å². The van der Waals surface area contributed by atoms with E-state index in [1.165, 1.54) is 0 Å². The van der Waals surface area contributed by atoms with Gasteiger partial charge in [0.1, 0.15) is 6.10 Å². The predicted octanol–water partition coefficient (Wildman–Crippen LogP) is 5.69. The number of amides is 1. The first-order valence-corrected chi connectivity index (χ1v) is 12.3. The van der Waals surface area contributed by atoms with Gasteiger partial charge in [-0.2, -0.15) is 5.10 Å². The molecule has 188 valence electrons. The van der Waals surface area contributed by atoms with Gasteiger partial charge < -0.3 is 15.2 Å². The van der Waals surface area contributed by atoms with Crippen LogP contribution in [-0.2, 0) is 21.5 Å². The van der Waals surface area contributed by atoms with Crippen molar-refractivity contribution in [3.05, 3.63) is 101 Å². The number of carboxylic acid groups (broad SMARTS) is 1. The largest absolute Gasteiger partial charge is 0.481 e. The van der Waals surface area contributed by atoms with Crippen LogP contribution >= 0.6 is 11.6 Å². The maximum atomic E-state index is 12.4. The second kappa shape index (κ2) is 10.1. The Labute approximate surface area is 218 Å². The van der Waals surface area contributed by atoms with Gasteiger partial charge in [0.15, 0.2) is 0 Å². The number of ether oxygens (including phenoxy) is 1. The van der Waals surface area contributed by atoms with Gasteiger partial charge in [-0.05, 0) is 49.6 Å². The third kappa shape index (κ3) is 5.06. The topological polar surface area (TPSA) is 106 Å². The Bertz CT molecular complexity index is 1430. The number of aliphatic carboxylic acids is 1. The van der Waals surface area contributed by atoms with Crippen LogP contribution in [0.25, 0.3) is 16.9 Å². The molecule has 8 nitrogen and oxygen atoms in total. The van der Waals surface area contributed by atoms with Crippen molar-refractivity contribution in [3.8, 4) is 16.9 Å². The molecular formula is C28H25ClN4O4. The van der Waals surface area contributed by atoms with Crippen molar-refractivity contribution >= 4 is 23.7 Å². The molecule has 0 aliphatic heterocycles. The van der Waals surface area contributed by atoms with Crippen LogP contribution in [-0.4, -0.2) is 31.9 Å². The summed E-state index contributed by atoms with van der Waals surface area (Å²) in [4.78, 5) is 28.5. The molecule has 5 rings (SSSR count). The van der Waals surface area contributed by atoms with Gasteiger partial charge in [0.05, 0.1) is 35.2 Å². The Morgan fingerprint density at radius 1 is 1.11 bits per heavy atom. The summed E-state index contributed by atoms with van der Waals surface area (Å²) < 4.78 is 7.16. The van der Waals surface area contributed by atoms with E-state index in [4.69, 9.17) is 16.3 Å². The molecule has 1 aliphatic rings. The lowest BCUT2D eigenvalue weighted by Crippen LogP contribution is -2.26. The number of carboxylic acids is 1. The number of benzene rings is 2. The van der Waals surface area contributed by atoms with E-state index in [0.29, 0.717) is 17.9 Å². The number of nitrogens with one attached hydrogen (secondary N) is 1. The molecule has 1 saturated carbocycles. The fourth-order valence-electron chi connectivity index (χ4n) is 4.32. The van der Waals surface area contributed by atoms with Crippen molar-refractivity contribution in [1.82, 2.24) is 20.1 Å². The highest BCUT2D eigenvalue weighted by Gasteiger charge is 2.51. The van der Waals surface area contributed by atoms with Crippen molar-refractivity contribution in [2.45, 2.75) is 37.8 Å². The number of carbonyl (C=O) groups is 2. The molecule has 2 heterocycles. The number of hydrogen-bond acceptors (Lipinski definition) is 5. The average molecular weight is 517 g/mol. The zero-order valence-electron chi connectivity index (χ0n) is 20.1. The lowest BCUT2D eigenvalue weighted by atomic mass is 9.95. The van der Waals surface area contributed by atoms with Crippen LogP contribution in [0.15, 0.2) is 79.1 Å². The average Bonchev–Trinajstić information content (AvgIpc) is 3.60. The highest BCUT2D eigenvalue weighted by molar-refractivity contribution is 6.31. The van der Waals surface area contributed by atoms with Crippen LogP contribution in [0.4, 0.5) is 4.79 Å². The van der Waals surface area contributed by atoms with E-state index in [-0.39, 0.29) is 6.54 Å². The summed E-state index contributed by atoms with van der Waals surface area (Å²) in [5, 5.41) is 17.2. The molecule has 37 heavy (non-hydrogen) atoms. The van der Waals surface area contributed by atoms with Gasteiger partial charge in [0, 0.05) is 22.3 Å². The molecule has 0 saturated heterocycles. The Hall–Kier alpha value is -4.17. The van der Waals surface area contributed by atoms with Crippen molar-refractivity contribution in [3.63, 3.8) is 0 Å². The molecule has 9 heteroatoms. The minimum Gasteiger partial charge on any atom is -0.481 e. The fraction of sp³-hybridized carbons (Fsp3) is 0.214. The number of pyridine rings is 1. The van der Waals surface area contributed by atoms with Gasteiger partial charge in [-0.25, -0.2) is 9.48 Å². The smallest absolute Gasteiger partial charge is 0.408 e. The Morgan fingerprint density at radius 3 is 2.51 bits per heavy atom. The molecule has 2 N–H and O–H groups in total. The van der Waals surface area contributed by atoms with Crippen LogP contribution in [0.5, 0.6) is 0 Å². The minimum atomic E-state index is -0.768. The highest BCUT2D eigenvalue weighted by Crippen LogP contribution is 2.48. The zero-order chi connectivity index (χ0) is 26.0. The van der Waals surface area contributed by atoms with Gasteiger partial charge in [-0.15, -0.1) is 0 Å². The van der Waals surface area contributed by atoms with Crippen molar-refractivity contribution in [1.29, 1.82) is 0 Å². The second-order valence-electron chi connectivity index (χ2n) is 9.02. The number of nitrogens with zero attached hydrogens (tertiary/aromatic N) is 3. The Kier molecular flexibility index (Phi) is 6.67. The lowest BCUT2D eigenvalue weighted by Gasteiger charge is -2.15. The van der Waals surface area contributed by atoms with Gasteiger partial charge in [0.2, 0.25) is 0 Å². The number of halogens is 1. The van der Waals surface area contributed by atoms with Crippen molar-refractivity contribution in [2.75, 3.05) is 0 Å². The number of aromatic nitrogens is 3. The highest BCUT2D eigenvalue weighted by atomic mass is 35.5. The van der Waals surface area contributed by atoms with Crippen molar-refractivity contribution < 1.29 is 19.4 Å². The third-order valence-electron chi connectivity index (χ3n) is 6.65. The van der Waals surface area contributed by atoms with Gasteiger partial charge >= 0.3 is 12.1 Å². The van der Waals surface area contributed by atoms with E-state index >= 15 is 0 Å². The van der Waals surface area contributed by atoms with E-state index < -0.39 is 23.6 Å². The maximum Gasteiger partial charge on any atom is 0.408 e. The second-order valence-corrected chi connectivity index (χ2v) is 9.43. The summed E-state index contributed by atoms with van der Waals surface area (Å²) >= 11 is 6.19. The summed E-state index contributed by atoms with van der Waals surface area (Å²) in [6.07, 6.45) is 3.65. The summed E-state index contributed by atoms with van der Waals surface area (Å²) in [6.45, 7) is 1.98. The van der Waals surface area contributed by atoms with Crippen LogP contribution in [0.1, 0.15) is 42.7 Å². The first-order valence-electron chi connectivity index (χ1n) is 11.9. The normalized spacial score (nSPS) is 14.5. The Balaban J connectivity index is 1.22. The van der Waals surface area contributed by atoms with Gasteiger partial charge in [0.25, 0.3) is 0 Å². The number of rotatable bonds is 8. The molecule has 2 aromatic carbocycles. The molecule has 1 atom stereocenters. The van der Waals surface area contributed by atoms with Gasteiger partial charge in [-0.3, -0.25) is 9.78 Å². The zero-order valence-corrected chi connectivity index (χ0v) is 20.9. The minimum absolute atomic E-state index is 0.211. The molecule has 1 aliphatic carbocycles. The molecule has 0 radical (unpaired) electrons. The summed E-state index contributed by atoms with van der Waals surface area (Å²) in [5.74, 6) is -0.768. The van der Waals surface area contributed by atoms with Crippen LogP contribution in [0.3, 0.4) is 0 Å². The molecule has 0 spiro atoms. The molecule has 1 amide bonds. The maximum absolute atomic E-state index is 12.4. The predicted molar refractivity (Wildman–Crippen MR) is 139 cm³/mol. The van der Waals surface area contributed by atoms with E-state index in [1.54, 1.807) is 36.1 Å². The molecule has 2 aromatic heterocycles. The third-order valence-corrected chi connectivity index (χ3v) is 6.99. The standard InChI is InChI=1S/C28H25ClN4O4/c1-18(23-4-2-3-5-24(23)29)37-27(36)31-17-22-12-15-32-33(22)21-10-11-25(30-16-21)19-6-8-20(9-7-19)28(13-14-28)26(34)35/h2-12,15-16,18H,13-14,17H2,1H3,(H,31,36)(H,34,35). The molecular weight excluding hydrogens is 492 g/mol. The van der Waals surface area contributed by atoms with E-state index in [0.717, 1.165) is 33.8 Å². The van der Waals surface area contributed by atoms with E-state index in [2.05, 4.69) is 15.4 Å². The molecule has 4 aromatic rings. The first kappa shape index (κ1) is 24.5. The molecule has 0 bridgehead atoms. The fourth-order valence-corrected chi connectivity index (χ4v) is 4.61. The SMILES string of the molecule is CC(OC(=O)NCc1ccnn1-c1ccc(-c2ccc(C3(C(=O)O)CC3)cc2)nc1)c1ccccc1Cl. The van der Waals surface area contributed by atoms with E-state index in [1.807, 2.05) is 54.6 Å². The molecule has 1 unspecified atom stereocenters. The van der Waals surface area contributed by atoms with Crippen LogP contribution < -0.4 is 5.32 Å². The summed E-state index contributed by atoms with van der Waals surface area (Å²) in [5.41, 5.74) is 3.99. The summed E-state index contributed by atoms with van der Waals surface area (Å²) in [6, 6.07) is 20.4. The number of carbonyl (C=O) groups excluding carboxylic acids is 1. The lowest BCUT2D eigenvalue weighted by molar-refractivity contribution is -0.140.